The van der Waals surface area contributed by atoms with Crippen molar-refractivity contribution >= 4 is 11.8 Å². The van der Waals surface area contributed by atoms with E-state index in [2.05, 4.69) is 15.3 Å². The number of carbonyl (C=O) groups excluding carboxylic acids is 2. The van der Waals surface area contributed by atoms with Crippen molar-refractivity contribution in [1.29, 1.82) is 0 Å². The van der Waals surface area contributed by atoms with Crippen molar-refractivity contribution in [3.8, 4) is 0 Å². The van der Waals surface area contributed by atoms with Gasteiger partial charge in [0, 0.05) is 25.5 Å². The Kier molecular flexibility index (Phi) is 3.32. The molecule has 1 aliphatic heterocycles. The smallest absolute Gasteiger partial charge is 0.274 e. The normalized spacial score (nSPS) is 19.9. The SMILES string of the molecule is CCC1C(=O)NCCN1C(=O)c1cnccn1. The number of amides is 2. The molecule has 1 aromatic heterocycles. The maximum Gasteiger partial charge on any atom is 0.274 e. The predicted octanol–water partition coefficient (Wildman–Crippen LogP) is -0.173. The molecule has 1 fully saturated rings. The fraction of sp³-hybridized carbons (Fsp3) is 0.455. The summed E-state index contributed by atoms with van der Waals surface area (Å²) >= 11 is 0. The molecule has 2 amide bonds. The van der Waals surface area contributed by atoms with E-state index in [0.717, 1.165) is 0 Å². The Morgan fingerprint density at radius 2 is 2.41 bits per heavy atom. The zero-order valence-electron chi connectivity index (χ0n) is 9.59. The van der Waals surface area contributed by atoms with Gasteiger partial charge < -0.3 is 10.2 Å². The van der Waals surface area contributed by atoms with E-state index >= 15 is 0 Å². The molecule has 1 atom stereocenters. The van der Waals surface area contributed by atoms with E-state index in [1.807, 2.05) is 6.92 Å². The lowest BCUT2D eigenvalue weighted by atomic mass is 10.1. The molecular formula is C11H14N4O2. The molecule has 0 aromatic carbocycles. The Morgan fingerprint density at radius 3 is 3.06 bits per heavy atom. The summed E-state index contributed by atoms with van der Waals surface area (Å²) < 4.78 is 0. The van der Waals surface area contributed by atoms with Crippen LogP contribution in [0.1, 0.15) is 23.8 Å². The lowest BCUT2D eigenvalue weighted by molar-refractivity contribution is -0.127. The number of hydrogen-bond donors (Lipinski definition) is 1. The predicted molar refractivity (Wildman–Crippen MR) is 60.2 cm³/mol. The maximum atomic E-state index is 12.2. The second-order valence-corrected chi connectivity index (χ2v) is 3.80. The molecule has 0 spiro atoms. The maximum absolute atomic E-state index is 12.2. The molecule has 2 heterocycles. The molecule has 2 rings (SSSR count). The highest BCUT2D eigenvalue weighted by molar-refractivity contribution is 5.96. The molecule has 1 aliphatic rings. The van der Waals surface area contributed by atoms with E-state index in [4.69, 9.17) is 0 Å². The van der Waals surface area contributed by atoms with Crippen LogP contribution in [-0.2, 0) is 4.79 Å². The van der Waals surface area contributed by atoms with Crippen LogP contribution in [0.3, 0.4) is 0 Å². The number of piperazine rings is 1. The van der Waals surface area contributed by atoms with Crippen LogP contribution in [-0.4, -0.2) is 45.8 Å². The minimum atomic E-state index is -0.404. The first-order valence-corrected chi connectivity index (χ1v) is 5.58. The van der Waals surface area contributed by atoms with Crippen LogP contribution in [0, 0.1) is 0 Å². The molecule has 1 aromatic rings. The molecule has 90 valence electrons. The first-order valence-electron chi connectivity index (χ1n) is 5.58. The molecule has 6 nitrogen and oxygen atoms in total. The third-order valence-electron chi connectivity index (χ3n) is 2.76. The van der Waals surface area contributed by atoms with Crippen molar-refractivity contribution in [3.05, 3.63) is 24.3 Å². The monoisotopic (exact) mass is 234 g/mol. The third-order valence-corrected chi connectivity index (χ3v) is 2.76. The highest BCUT2D eigenvalue weighted by Gasteiger charge is 2.32. The number of rotatable bonds is 2. The highest BCUT2D eigenvalue weighted by Crippen LogP contribution is 2.11. The van der Waals surface area contributed by atoms with E-state index in [9.17, 15) is 9.59 Å². The molecule has 1 saturated heterocycles. The van der Waals surface area contributed by atoms with Crippen LogP contribution < -0.4 is 5.32 Å². The van der Waals surface area contributed by atoms with Gasteiger partial charge in [0.2, 0.25) is 5.91 Å². The quantitative estimate of drug-likeness (QED) is 0.770. The fourth-order valence-corrected chi connectivity index (χ4v) is 1.92. The van der Waals surface area contributed by atoms with E-state index < -0.39 is 6.04 Å². The number of nitrogens with zero attached hydrogens (tertiary/aromatic N) is 3. The Hall–Kier alpha value is -1.98. The average Bonchev–Trinajstić information content (AvgIpc) is 2.38. The van der Waals surface area contributed by atoms with Gasteiger partial charge in [-0.2, -0.15) is 0 Å². The van der Waals surface area contributed by atoms with Gasteiger partial charge in [0.25, 0.3) is 5.91 Å². The largest absolute Gasteiger partial charge is 0.353 e. The van der Waals surface area contributed by atoms with Gasteiger partial charge in [0.05, 0.1) is 6.20 Å². The summed E-state index contributed by atoms with van der Waals surface area (Å²) in [7, 11) is 0. The molecule has 17 heavy (non-hydrogen) atoms. The van der Waals surface area contributed by atoms with Crippen LogP contribution >= 0.6 is 0 Å². The summed E-state index contributed by atoms with van der Waals surface area (Å²) in [4.78, 5) is 33.2. The fourth-order valence-electron chi connectivity index (χ4n) is 1.92. The van der Waals surface area contributed by atoms with Gasteiger partial charge >= 0.3 is 0 Å². The van der Waals surface area contributed by atoms with E-state index in [-0.39, 0.29) is 17.5 Å². The molecular weight excluding hydrogens is 220 g/mol. The van der Waals surface area contributed by atoms with Gasteiger partial charge in [-0.1, -0.05) is 6.92 Å². The second kappa shape index (κ2) is 4.90. The number of aromatic nitrogens is 2. The number of carbonyl (C=O) groups is 2. The van der Waals surface area contributed by atoms with Crippen molar-refractivity contribution < 1.29 is 9.59 Å². The summed E-state index contributed by atoms with van der Waals surface area (Å²) in [5.41, 5.74) is 0.278. The molecule has 0 bridgehead atoms. The summed E-state index contributed by atoms with van der Waals surface area (Å²) in [6, 6.07) is -0.404. The minimum absolute atomic E-state index is 0.101. The van der Waals surface area contributed by atoms with Gasteiger partial charge in [-0.3, -0.25) is 14.6 Å². The molecule has 6 heteroatoms. The summed E-state index contributed by atoms with van der Waals surface area (Å²) in [6.45, 7) is 2.88. The lowest BCUT2D eigenvalue weighted by Gasteiger charge is -2.34. The Morgan fingerprint density at radius 1 is 1.59 bits per heavy atom. The van der Waals surface area contributed by atoms with Crippen LogP contribution in [0.15, 0.2) is 18.6 Å². The number of hydrogen-bond acceptors (Lipinski definition) is 4. The zero-order chi connectivity index (χ0) is 12.3. The van der Waals surface area contributed by atoms with Gasteiger partial charge in [-0.25, -0.2) is 4.98 Å². The molecule has 0 radical (unpaired) electrons. The topological polar surface area (TPSA) is 75.2 Å². The van der Waals surface area contributed by atoms with Crippen molar-refractivity contribution in [1.82, 2.24) is 20.2 Å². The number of nitrogens with one attached hydrogen (secondary N) is 1. The van der Waals surface area contributed by atoms with Crippen LogP contribution in [0.5, 0.6) is 0 Å². The van der Waals surface area contributed by atoms with Crippen molar-refractivity contribution in [2.24, 2.45) is 0 Å². The van der Waals surface area contributed by atoms with E-state index in [1.165, 1.54) is 18.6 Å². The molecule has 1 unspecified atom stereocenters. The highest BCUT2D eigenvalue weighted by atomic mass is 16.2. The second-order valence-electron chi connectivity index (χ2n) is 3.80. The van der Waals surface area contributed by atoms with Gasteiger partial charge in [-0.15, -0.1) is 0 Å². The molecule has 0 aliphatic carbocycles. The summed E-state index contributed by atoms with van der Waals surface area (Å²) in [6.07, 6.45) is 4.99. The molecule has 1 N–H and O–H groups in total. The minimum Gasteiger partial charge on any atom is -0.353 e. The van der Waals surface area contributed by atoms with E-state index in [1.54, 1.807) is 4.90 Å². The van der Waals surface area contributed by atoms with Gasteiger partial charge in [-0.05, 0) is 6.42 Å². The van der Waals surface area contributed by atoms with E-state index in [0.29, 0.717) is 19.5 Å². The van der Waals surface area contributed by atoms with Gasteiger partial charge in [0.15, 0.2) is 0 Å². The Bertz CT molecular complexity index is 421. The van der Waals surface area contributed by atoms with Crippen molar-refractivity contribution in [3.63, 3.8) is 0 Å². The van der Waals surface area contributed by atoms with Crippen LogP contribution in [0.4, 0.5) is 0 Å². The first-order chi connectivity index (χ1) is 8.24. The third kappa shape index (κ3) is 2.25. The van der Waals surface area contributed by atoms with Crippen molar-refractivity contribution in [2.45, 2.75) is 19.4 Å². The Labute approximate surface area is 99.1 Å². The van der Waals surface area contributed by atoms with Crippen LogP contribution in [0.2, 0.25) is 0 Å². The van der Waals surface area contributed by atoms with Gasteiger partial charge in [0.1, 0.15) is 11.7 Å². The standard InChI is InChI=1S/C11H14N4O2/c1-2-9-10(16)14-5-6-15(9)11(17)8-7-12-3-4-13-8/h3-4,7,9H,2,5-6H2,1H3,(H,14,16). The summed E-state index contributed by atoms with van der Waals surface area (Å²) in [5.74, 6) is -0.337. The Balaban J connectivity index is 2.21. The zero-order valence-corrected chi connectivity index (χ0v) is 9.59. The first kappa shape index (κ1) is 11.5. The average molecular weight is 234 g/mol. The van der Waals surface area contributed by atoms with Crippen molar-refractivity contribution in [2.75, 3.05) is 13.1 Å². The lowest BCUT2D eigenvalue weighted by Crippen LogP contribution is -2.57. The van der Waals surface area contributed by atoms with Crippen LogP contribution in [0.25, 0.3) is 0 Å². The molecule has 0 saturated carbocycles. The summed E-state index contributed by atoms with van der Waals surface area (Å²) in [5, 5.41) is 2.75.